The second-order valence-electron chi connectivity index (χ2n) is 5.20. The summed E-state index contributed by atoms with van der Waals surface area (Å²) in [5, 5.41) is 0. The van der Waals surface area contributed by atoms with Crippen LogP contribution in [0.1, 0.15) is 71.1 Å². The maximum Gasteiger partial charge on any atom is 0.0701 e. The van der Waals surface area contributed by atoms with E-state index in [0.29, 0.717) is 26.4 Å². The Morgan fingerprint density at radius 3 is 1.58 bits per heavy atom. The van der Waals surface area contributed by atoms with Gasteiger partial charge in [0.2, 0.25) is 0 Å². The first-order valence-corrected chi connectivity index (χ1v) is 8.27. The van der Waals surface area contributed by atoms with Gasteiger partial charge in [-0.2, -0.15) is 0 Å². The maximum absolute atomic E-state index is 5.49. The summed E-state index contributed by atoms with van der Waals surface area (Å²) in [6, 6.07) is 0. The van der Waals surface area contributed by atoms with E-state index in [-0.39, 0.29) is 0 Å². The summed E-state index contributed by atoms with van der Waals surface area (Å²) in [6.07, 6.45) is 13.7. The number of unbranched alkanes of at least 4 members (excludes halogenated alkanes) is 9. The van der Waals surface area contributed by atoms with Crippen molar-refractivity contribution in [1.29, 1.82) is 0 Å². The Morgan fingerprint density at radius 2 is 1.05 bits per heavy atom. The highest BCUT2D eigenvalue weighted by Crippen LogP contribution is 2.10. The van der Waals surface area contributed by atoms with Gasteiger partial charge < -0.3 is 15.2 Å². The van der Waals surface area contributed by atoms with E-state index in [1.165, 1.54) is 64.2 Å². The molecule has 0 aliphatic rings. The molecule has 0 rings (SSSR count). The molecular formula is C16H35NO2. The molecule has 0 aliphatic heterocycles. The molecule has 0 aliphatic carbocycles. The molecule has 3 heteroatoms. The van der Waals surface area contributed by atoms with Crippen molar-refractivity contribution in [3.63, 3.8) is 0 Å². The molecule has 116 valence electrons. The molecule has 0 amide bonds. The van der Waals surface area contributed by atoms with E-state index in [2.05, 4.69) is 6.92 Å². The first-order chi connectivity index (χ1) is 9.41. The zero-order valence-electron chi connectivity index (χ0n) is 13.0. The Labute approximate surface area is 120 Å². The zero-order valence-corrected chi connectivity index (χ0v) is 13.0. The summed E-state index contributed by atoms with van der Waals surface area (Å²) in [6.45, 7) is 5.77. The quantitative estimate of drug-likeness (QED) is 0.434. The molecule has 0 saturated heterocycles. The summed E-state index contributed by atoms with van der Waals surface area (Å²) >= 11 is 0. The Balaban J connectivity index is 2.88. The normalized spacial score (nSPS) is 11.1. The van der Waals surface area contributed by atoms with Gasteiger partial charge in [-0.3, -0.25) is 0 Å². The van der Waals surface area contributed by atoms with Crippen LogP contribution < -0.4 is 5.73 Å². The van der Waals surface area contributed by atoms with Crippen molar-refractivity contribution < 1.29 is 9.47 Å². The second-order valence-corrected chi connectivity index (χ2v) is 5.20. The van der Waals surface area contributed by atoms with Gasteiger partial charge in [-0.15, -0.1) is 0 Å². The van der Waals surface area contributed by atoms with Crippen molar-refractivity contribution in [2.24, 2.45) is 5.73 Å². The zero-order chi connectivity index (χ0) is 14.0. The Kier molecular flexibility index (Phi) is 17.8. The Bertz CT molecular complexity index is 138. The fourth-order valence-electron chi connectivity index (χ4n) is 2.10. The van der Waals surface area contributed by atoms with Crippen molar-refractivity contribution in [1.82, 2.24) is 0 Å². The SMILES string of the molecule is CCCCCCCCCCCCOCCOCCN. The van der Waals surface area contributed by atoms with Crippen molar-refractivity contribution in [3.8, 4) is 0 Å². The number of ether oxygens (including phenoxy) is 2. The molecule has 0 atom stereocenters. The number of rotatable bonds is 16. The minimum absolute atomic E-state index is 0.596. The predicted octanol–water partition coefficient (Wildman–Crippen LogP) is 3.90. The van der Waals surface area contributed by atoms with Gasteiger partial charge in [0.15, 0.2) is 0 Å². The molecule has 0 aromatic rings. The van der Waals surface area contributed by atoms with Gasteiger partial charge in [0.25, 0.3) is 0 Å². The molecule has 0 saturated carbocycles. The summed E-state index contributed by atoms with van der Waals surface area (Å²) in [4.78, 5) is 0. The van der Waals surface area contributed by atoms with Crippen molar-refractivity contribution >= 4 is 0 Å². The summed E-state index contributed by atoms with van der Waals surface area (Å²) in [7, 11) is 0. The van der Waals surface area contributed by atoms with Gasteiger partial charge in [0, 0.05) is 13.2 Å². The van der Waals surface area contributed by atoms with Gasteiger partial charge in [0.05, 0.1) is 19.8 Å². The molecule has 0 spiro atoms. The molecule has 0 bridgehead atoms. The van der Waals surface area contributed by atoms with E-state index in [9.17, 15) is 0 Å². The molecule has 19 heavy (non-hydrogen) atoms. The second kappa shape index (κ2) is 17.9. The van der Waals surface area contributed by atoms with Crippen LogP contribution in [0, 0.1) is 0 Å². The van der Waals surface area contributed by atoms with E-state index < -0.39 is 0 Å². The monoisotopic (exact) mass is 273 g/mol. The first kappa shape index (κ1) is 18.9. The average Bonchev–Trinajstić information content (AvgIpc) is 2.43. The summed E-state index contributed by atoms with van der Waals surface area (Å²) in [5.41, 5.74) is 5.32. The molecule has 0 radical (unpaired) electrons. The first-order valence-electron chi connectivity index (χ1n) is 8.27. The standard InChI is InChI=1S/C16H35NO2/c1-2-3-4-5-6-7-8-9-10-11-13-18-15-16-19-14-12-17/h2-17H2,1H3. The smallest absolute Gasteiger partial charge is 0.0701 e. The van der Waals surface area contributed by atoms with E-state index in [0.717, 1.165) is 6.61 Å². The van der Waals surface area contributed by atoms with Crippen LogP contribution in [0.4, 0.5) is 0 Å². The molecule has 0 unspecified atom stereocenters. The van der Waals surface area contributed by atoms with E-state index in [1.807, 2.05) is 0 Å². The highest BCUT2D eigenvalue weighted by molar-refractivity contribution is 4.47. The fourth-order valence-corrected chi connectivity index (χ4v) is 2.10. The van der Waals surface area contributed by atoms with Crippen LogP contribution in [-0.2, 0) is 9.47 Å². The summed E-state index contributed by atoms with van der Waals surface area (Å²) in [5.74, 6) is 0. The van der Waals surface area contributed by atoms with Crippen LogP contribution in [0.5, 0.6) is 0 Å². The van der Waals surface area contributed by atoms with Crippen LogP contribution in [0.2, 0.25) is 0 Å². The third-order valence-electron chi connectivity index (χ3n) is 3.28. The lowest BCUT2D eigenvalue weighted by Gasteiger charge is -2.05. The molecule has 2 N–H and O–H groups in total. The lowest BCUT2D eigenvalue weighted by Crippen LogP contribution is -2.12. The molecule has 0 aromatic carbocycles. The highest BCUT2D eigenvalue weighted by Gasteiger charge is 1.93. The van der Waals surface area contributed by atoms with Crippen LogP contribution in [0.25, 0.3) is 0 Å². The molecule has 0 aromatic heterocycles. The Morgan fingerprint density at radius 1 is 0.579 bits per heavy atom. The molecule has 3 nitrogen and oxygen atoms in total. The topological polar surface area (TPSA) is 44.5 Å². The van der Waals surface area contributed by atoms with Gasteiger partial charge >= 0.3 is 0 Å². The minimum Gasteiger partial charge on any atom is -0.379 e. The molecular weight excluding hydrogens is 238 g/mol. The van der Waals surface area contributed by atoms with Crippen molar-refractivity contribution in [3.05, 3.63) is 0 Å². The maximum atomic E-state index is 5.49. The van der Waals surface area contributed by atoms with Crippen LogP contribution in [0.3, 0.4) is 0 Å². The van der Waals surface area contributed by atoms with Crippen LogP contribution >= 0.6 is 0 Å². The third-order valence-corrected chi connectivity index (χ3v) is 3.28. The largest absolute Gasteiger partial charge is 0.379 e. The molecule has 0 heterocycles. The number of hydrogen-bond acceptors (Lipinski definition) is 3. The lowest BCUT2D eigenvalue weighted by atomic mass is 10.1. The Hall–Kier alpha value is -0.120. The predicted molar refractivity (Wildman–Crippen MR) is 82.5 cm³/mol. The average molecular weight is 273 g/mol. The van der Waals surface area contributed by atoms with Gasteiger partial charge in [-0.1, -0.05) is 64.7 Å². The van der Waals surface area contributed by atoms with E-state index >= 15 is 0 Å². The van der Waals surface area contributed by atoms with Crippen molar-refractivity contribution in [2.75, 3.05) is 33.0 Å². The number of hydrogen-bond donors (Lipinski definition) is 1. The number of nitrogens with two attached hydrogens (primary N) is 1. The summed E-state index contributed by atoms with van der Waals surface area (Å²) < 4.78 is 10.7. The van der Waals surface area contributed by atoms with Gasteiger partial charge in [-0.25, -0.2) is 0 Å². The van der Waals surface area contributed by atoms with E-state index in [1.54, 1.807) is 0 Å². The minimum atomic E-state index is 0.596. The molecule has 0 fully saturated rings. The lowest BCUT2D eigenvalue weighted by molar-refractivity contribution is 0.0492. The fraction of sp³-hybridized carbons (Fsp3) is 1.00. The van der Waals surface area contributed by atoms with Gasteiger partial charge in [0.1, 0.15) is 0 Å². The van der Waals surface area contributed by atoms with Crippen LogP contribution in [-0.4, -0.2) is 33.0 Å². The highest BCUT2D eigenvalue weighted by atomic mass is 16.5. The third kappa shape index (κ3) is 17.9. The van der Waals surface area contributed by atoms with Crippen LogP contribution in [0.15, 0.2) is 0 Å². The van der Waals surface area contributed by atoms with Crippen molar-refractivity contribution in [2.45, 2.75) is 71.1 Å². The van der Waals surface area contributed by atoms with Gasteiger partial charge in [-0.05, 0) is 6.42 Å². The van der Waals surface area contributed by atoms with E-state index in [4.69, 9.17) is 15.2 Å².